The van der Waals surface area contributed by atoms with Crippen molar-refractivity contribution in [2.75, 3.05) is 18.0 Å². The average Bonchev–Trinajstić information content (AvgIpc) is 2.76. The van der Waals surface area contributed by atoms with Crippen molar-refractivity contribution in [3.05, 3.63) is 29.6 Å². The average molecular weight is 230 g/mol. The molecule has 2 fully saturated rings. The van der Waals surface area contributed by atoms with Crippen molar-refractivity contribution in [1.29, 1.82) is 5.26 Å². The predicted molar refractivity (Wildman–Crippen MR) is 64.2 cm³/mol. The van der Waals surface area contributed by atoms with Crippen LogP contribution in [0.15, 0.2) is 18.2 Å². The van der Waals surface area contributed by atoms with E-state index in [1.54, 1.807) is 6.07 Å². The highest BCUT2D eigenvalue weighted by Gasteiger charge is 2.45. The van der Waals surface area contributed by atoms with Crippen LogP contribution in [0, 0.1) is 22.6 Å². The van der Waals surface area contributed by atoms with Crippen molar-refractivity contribution in [3.8, 4) is 6.07 Å². The fourth-order valence-electron chi connectivity index (χ4n) is 3.25. The topological polar surface area (TPSA) is 27.0 Å². The first-order valence-corrected chi connectivity index (χ1v) is 6.17. The van der Waals surface area contributed by atoms with Crippen LogP contribution in [0.4, 0.5) is 10.1 Å². The fraction of sp³-hybridized carbons (Fsp3) is 0.500. The van der Waals surface area contributed by atoms with Gasteiger partial charge in [0, 0.05) is 18.5 Å². The third kappa shape index (κ3) is 1.68. The van der Waals surface area contributed by atoms with Gasteiger partial charge in [0.25, 0.3) is 0 Å². The normalized spacial score (nSPS) is 21.3. The number of nitrogens with zero attached hydrogens (tertiary/aromatic N) is 2. The number of hydrogen-bond acceptors (Lipinski definition) is 2. The van der Waals surface area contributed by atoms with Crippen molar-refractivity contribution in [2.45, 2.75) is 25.7 Å². The first-order valence-electron chi connectivity index (χ1n) is 6.17. The number of nitriles is 1. The van der Waals surface area contributed by atoms with Gasteiger partial charge in [-0.25, -0.2) is 4.39 Å². The summed E-state index contributed by atoms with van der Waals surface area (Å²) in [5, 5.41) is 9.02. The van der Waals surface area contributed by atoms with E-state index in [4.69, 9.17) is 5.26 Å². The maximum atomic E-state index is 13.0. The van der Waals surface area contributed by atoms with Crippen LogP contribution in [0.1, 0.15) is 31.2 Å². The quantitative estimate of drug-likeness (QED) is 0.741. The zero-order chi connectivity index (χ0) is 11.9. The predicted octanol–water partition coefficient (Wildman–Crippen LogP) is 3.08. The molecule has 2 aliphatic rings. The second kappa shape index (κ2) is 3.73. The lowest BCUT2D eigenvalue weighted by Crippen LogP contribution is -2.55. The molecule has 1 aromatic carbocycles. The van der Waals surface area contributed by atoms with Crippen LogP contribution in [0.25, 0.3) is 0 Å². The summed E-state index contributed by atoms with van der Waals surface area (Å²) in [6, 6.07) is 6.58. The molecule has 0 amide bonds. The van der Waals surface area contributed by atoms with Crippen LogP contribution < -0.4 is 4.90 Å². The lowest BCUT2D eigenvalue weighted by atomic mass is 9.78. The van der Waals surface area contributed by atoms with E-state index in [1.807, 2.05) is 0 Å². The minimum Gasteiger partial charge on any atom is -0.369 e. The van der Waals surface area contributed by atoms with E-state index < -0.39 is 0 Å². The molecule has 1 aliphatic heterocycles. The van der Waals surface area contributed by atoms with Crippen LogP contribution >= 0.6 is 0 Å². The molecule has 17 heavy (non-hydrogen) atoms. The van der Waals surface area contributed by atoms with Gasteiger partial charge in [0.2, 0.25) is 0 Å². The summed E-state index contributed by atoms with van der Waals surface area (Å²) in [6.07, 6.45) is 5.30. The Labute approximate surface area is 101 Å². The highest BCUT2D eigenvalue weighted by Crippen LogP contribution is 2.47. The summed E-state index contributed by atoms with van der Waals surface area (Å²) in [7, 11) is 0. The third-order valence-corrected chi connectivity index (χ3v) is 4.14. The maximum Gasteiger partial charge on any atom is 0.124 e. The monoisotopic (exact) mass is 230 g/mol. The highest BCUT2D eigenvalue weighted by atomic mass is 19.1. The van der Waals surface area contributed by atoms with Gasteiger partial charge in [-0.2, -0.15) is 5.26 Å². The molecule has 0 radical (unpaired) electrons. The molecule has 0 bridgehead atoms. The van der Waals surface area contributed by atoms with E-state index in [1.165, 1.54) is 37.8 Å². The zero-order valence-corrected chi connectivity index (χ0v) is 9.75. The van der Waals surface area contributed by atoms with Gasteiger partial charge in [0.05, 0.1) is 11.3 Å². The molecular formula is C14H15FN2. The van der Waals surface area contributed by atoms with Crippen LogP contribution in [-0.2, 0) is 0 Å². The third-order valence-electron chi connectivity index (χ3n) is 4.14. The van der Waals surface area contributed by atoms with Crippen molar-refractivity contribution >= 4 is 5.69 Å². The number of anilines is 1. The Balaban J connectivity index is 1.81. The Kier molecular flexibility index (Phi) is 2.32. The van der Waals surface area contributed by atoms with Gasteiger partial charge in [-0.3, -0.25) is 0 Å². The largest absolute Gasteiger partial charge is 0.369 e. The Morgan fingerprint density at radius 2 is 1.94 bits per heavy atom. The van der Waals surface area contributed by atoms with Gasteiger partial charge >= 0.3 is 0 Å². The summed E-state index contributed by atoms with van der Waals surface area (Å²) in [4.78, 5) is 2.21. The van der Waals surface area contributed by atoms with Gasteiger partial charge in [-0.15, -0.1) is 0 Å². The SMILES string of the molecule is N#Cc1cc(F)ccc1N1CC2(CCCC2)C1. The van der Waals surface area contributed by atoms with E-state index in [-0.39, 0.29) is 5.82 Å². The molecule has 0 unspecified atom stereocenters. The molecule has 1 heterocycles. The number of benzene rings is 1. The standard InChI is InChI=1S/C14H15FN2/c15-12-3-4-13(11(7-12)8-16)17-9-14(10-17)5-1-2-6-14/h3-4,7H,1-2,5-6,9-10H2. The summed E-state index contributed by atoms with van der Waals surface area (Å²) < 4.78 is 13.0. The minimum atomic E-state index is -0.332. The lowest BCUT2D eigenvalue weighted by Gasteiger charge is -2.50. The second-order valence-electron chi connectivity index (χ2n) is 5.34. The highest BCUT2D eigenvalue weighted by molar-refractivity contribution is 5.61. The molecule has 1 aliphatic carbocycles. The first kappa shape index (κ1) is 10.6. The molecule has 1 saturated carbocycles. The van der Waals surface area contributed by atoms with E-state index in [2.05, 4.69) is 11.0 Å². The maximum absolute atomic E-state index is 13.0. The zero-order valence-electron chi connectivity index (χ0n) is 9.75. The summed E-state index contributed by atoms with van der Waals surface area (Å²) in [5.41, 5.74) is 1.85. The smallest absolute Gasteiger partial charge is 0.124 e. The number of halogens is 1. The van der Waals surface area contributed by atoms with Crippen LogP contribution in [0.3, 0.4) is 0 Å². The molecule has 1 saturated heterocycles. The molecular weight excluding hydrogens is 215 g/mol. The number of rotatable bonds is 1. The van der Waals surface area contributed by atoms with Crippen molar-refractivity contribution in [1.82, 2.24) is 0 Å². The second-order valence-corrected chi connectivity index (χ2v) is 5.34. The summed E-state index contributed by atoms with van der Waals surface area (Å²) >= 11 is 0. The molecule has 88 valence electrons. The minimum absolute atomic E-state index is 0.332. The van der Waals surface area contributed by atoms with Crippen LogP contribution in [0.5, 0.6) is 0 Å². The van der Waals surface area contributed by atoms with Crippen LogP contribution in [0.2, 0.25) is 0 Å². The summed E-state index contributed by atoms with van der Waals surface area (Å²) in [5.74, 6) is -0.332. The van der Waals surface area contributed by atoms with Gasteiger partial charge in [0.1, 0.15) is 11.9 Å². The van der Waals surface area contributed by atoms with E-state index in [0.29, 0.717) is 11.0 Å². The first-order chi connectivity index (χ1) is 8.22. The molecule has 3 rings (SSSR count). The Bertz CT molecular complexity index is 475. The molecule has 2 nitrogen and oxygen atoms in total. The van der Waals surface area contributed by atoms with E-state index >= 15 is 0 Å². The molecule has 1 aromatic rings. The van der Waals surface area contributed by atoms with Crippen LogP contribution in [-0.4, -0.2) is 13.1 Å². The molecule has 3 heteroatoms. The van der Waals surface area contributed by atoms with Crippen molar-refractivity contribution in [3.63, 3.8) is 0 Å². The van der Waals surface area contributed by atoms with Gasteiger partial charge in [0.15, 0.2) is 0 Å². The fourth-order valence-corrected chi connectivity index (χ4v) is 3.25. The van der Waals surface area contributed by atoms with Gasteiger partial charge < -0.3 is 4.90 Å². The van der Waals surface area contributed by atoms with Crippen molar-refractivity contribution in [2.24, 2.45) is 5.41 Å². The Morgan fingerprint density at radius 1 is 1.24 bits per heavy atom. The lowest BCUT2D eigenvalue weighted by molar-refractivity contribution is 0.222. The molecule has 1 spiro atoms. The Hall–Kier alpha value is -1.56. The molecule has 0 N–H and O–H groups in total. The molecule has 0 aromatic heterocycles. The summed E-state index contributed by atoms with van der Waals surface area (Å²) in [6.45, 7) is 2.07. The Morgan fingerprint density at radius 3 is 2.59 bits per heavy atom. The van der Waals surface area contributed by atoms with E-state index in [0.717, 1.165) is 18.8 Å². The number of hydrogen-bond donors (Lipinski definition) is 0. The van der Waals surface area contributed by atoms with Crippen molar-refractivity contribution < 1.29 is 4.39 Å². The van der Waals surface area contributed by atoms with E-state index in [9.17, 15) is 4.39 Å². The van der Waals surface area contributed by atoms with Gasteiger partial charge in [-0.1, -0.05) is 12.8 Å². The van der Waals surface area contributed by atoms with Gasteiger partial charge in [-0.05, 0) is 31.0 Å². The molecule has 0 atom stereocenters.